The van der Waals surface area contributed by atoms with Crippen molar-refractivity contribution in [3.8, 4) is 11.5 Å². The molecule has 0 radical (unpaired) electrons. The number of likely N-dealkylation sites (tertiary alicyclic amines) is 1. The van der Waals surface area contributed by atoms with Crippen molar-refractivity contribution >= 4 is 11.8 Å². The van der Waals surface area contributed by atoms with Gasteiger partial charge in [-0.1, -0.05) is 30.3 Å². The van der Waals surface area contributed by atoms with Crippen LogP contribution in [-0.2, 0) is 20.9 Å². The van der Waals surface area contributed by atoms with Crippen LogP contribution in [0.5, 0.6) is 11.5 Å². The Morgan fingerprint density at radius 2 is 1.82 bits per heavy atom. The lowest BCUT2D eigenvalue weighted by atomic mass is 10.0. The summed E-state index contributed by atoms with van der Waals surface area (Å²) in [6.45, 7) is 4.37. The molecule has 1 N–H and O–H groups in total. The molecule has 0 aliphatic carbocycles. The van der Waals surface area contributed by atoms with Gasteiger partial charge in [0.05, 0.1) is 13.2 Å². The van der Waals surface area contributed by atoms with Gasteiger partial charge in [-0.25, -0.2) is 0 Å². The number of hydrogen-bond acceptors (Lipinski definition) is 7. The Hall–Kier alpha value is -3.14. The van der Waals surface area contributed by atoms with Crippen LogP contribution in [-0.4, -0.2) is 103 Å². The molecule has 1 atom stereocenters. The van der Waals surface area contributed by atoms with E-state index in [-0.39, 0.29) is 31.6 Å². The molecule has 2 aliphatic rings. The molecule has 9 nitrogen and oxygen atoms in total. The van der Waals surface area contributed by atoms with Crippen molar-refractivity contribution in [2.75, 3.05) is 66.2 Å². The van der Waals surface area contributed by atoms with E-state index in [1.807, 2.05) is 59.5 Å². The first-order chi connectivity index (χ1) is 18.4. The lowest BCUT2D eigenvalue weighted by Gasteiger charge is -2.33. The van der Waals surface area contributed by atoms with Crippen molar-refractivity contribution in [3.05, 3.63) is 60.2 Å². The largest absolute Gasteiger partial charge is 0.494 e. The summed E-state index contributed by atoms with van der Waals surface area (Å²) < 4.78 is 16.9. The van der Waals surface area contributed by atoms with Gasteiger partial charge in [0.15, 0.2) is 0 Å². The van der Waals surface area contributed by atoms with E-state index < -0.39 is 5.60 Å². The van der Waals surface area contributed by atoms with Crippen molar-refractivity contribution < 1.29 is 28.9 Å². The summed E-state index contributed by atoms with van der Waals surface area (Å²) >= 11 is 0. The van der Waals surface area contributed by atoms with Gasteiger partial charge in [0.2, 0.25) is 11.8 Å². The molecule has 1 unspecified atom stereocenters. The van der Waals surface area contributed by atoms with Gasteiger partial charge in [-0.3, -0.25) is 14.5 Å². The minimum absolute atomic E-state index is 0.0269. The average Bonchev–Trinajstić information content (AvgIpc) is 3.25. The number of β-amino-alcohol motifs (C(OH)–C–C–N with tert-alkyl or cyclic N) is 1. The summed E-state index contributed by atoms with van der Waals surface area (Å²) in [6.07, 6.45) is 2.40. The molecule has 2 aliphatic heterocycles. The first kappa shape index (κ1) is 27.9. The second kappa shape index (κ2) is 13.6. The molecule has 2 fully saturated rings. The lowest BCUT2D eigenvalue weighted by molar-refractivity contribution is -0.138. The molecular formula is C29H39N3O6. The third-order valence-corrected chi connectivity index (χ3v) is 6.88. The van der Waals surface area contributed by atoms with E-state index in [1.54, 1.807) is 4.90 Å². The van der Waals surface area contributed by atoms with E-state index in [9.17, 15) is 14.7 Å². The molecule has 2 amide bonds. The van der Waals surface area contributed by atoms with Crippen molar-refractivity contribution in [3.63, 3.8) is 0 Å². The molecule has 2 aromatic carbocycles. The van der Waals surface area contributed by atoms with Gasteiger partial charge in [0.1, 0.15) is 30.3 Å². The monoisotopic (exact) mass is 525 g/mol. The molecular weight excluding hydrogens is 486 g/mol. The quantitative estimate of drug-likeness (QED) is 0.425. The fraction of sp³-hybridized carbons (Fsp3) is 0.517. The minimum Gasteiger partial charge on any atom is -0.494 e. The van der Waals surface area contributed by atoms with E-state index in [4.69, 9.17) is 14.2 Å². The molecule has 2 heterocycles. The Balaban J connectivity index is 1.36. The van der Waals surface area contributed by atoms with Crippen molar-refractivity contribution in [2.45, 2.75) is 31.4 Å². The number of carbonyl (C=O) groups is 2. The zero-order valence-corrected chi connectivity index (χ0v) is 22.2. The Labute approximate surface area is 224 Å². The van der Waals surface area contributed by atoms with Crippen LogP contribution in [0.15, 0.2) is 54.6 Å². The van der Waals surface area contributed by atoms with Crippen LogP contribution < -0.4 is 9.47 Å². The normalized spacial score (nSPS) is 20.4. The second-order valence-electron chi connectivity index (χ2n) is 10.1. The standard InChI is InChI=1S/C29H39N3O6/c1-36-20-28(34)32-16-15-30(21-29(35,22-32)23-38-25-9-3-2-4-10-25)19-24-8-5-11-26(18-24)37-17-7-14-31-13-6-12-27(31)33/h2-5,8-11,18,35H,6-7,12-17,19-23H2,1H3. The smallest absolute Gasteiger partial charge is 0.248 e. The highest BCUT2D eigenvalue weighted by molar-refractivity contribution is 5.78. The maximum atomic E-state index is 12.6. The first-order valence-corrected chi connectivity index (χ1v) is 13.3. The number of para-hydroxylation sites is 1. The number of aliphatic hydroxyl groups is 1. The summed E-state index contributed by atoms with van der Waals surface area (Å²) in [5, 5.41) is 11.6. The molecule has 2 aromatic rings. The maximum absolute atomic E-state index is 12.6. The molecule has 206 valence electrons. The van der Waals surface area contributed by atoms with E-state index >= 15 is 0 Å². The minimum atomic E-state index is -1.25. The van der Waals surface area contributed by atoms with E-state index in [1.165, 1.54) is 7.11 Å². The predicted molar refractivity (Wildman–Crippen MR) is 143 cm³/mol. The SMILES string of the molecule is COCC(=O)N1CCN(Cc2cccc(OCCCN3CCCC3=O)c2)CC(O)(COc2ccccc2)C1. The van der Waals surface area contributed by atoms with Crippen molar-refractivity contribution in [1.82, 2.24) is 14.7 Å². The van der Waals surface area contributed by atoms with Gasteiger partial charge >= 0.3 is 0 Å². The summed E-state index contributed by atoms with van der Waals surface area (Å²) in [5.41, 5.74) is -0.197. The Morgan fingerprint density at radius 1 is 1.00 bits per heavy atom. The topological polar surface area (TPSA) is 91.8 Å². The molecule has 0 saturated carbocycles. The summed E-state index contributed by atoms with van der Waals surface area (Å²) in [7, 11) is 1.49. The fourth-order valence-electron chi connectivity index (χ4n) is 5.01. The molecule has 0 spiro atoms. The van der Waals surface area contributed by atoms with Crippen molar-refractivity contribution in [2.24, 2.45) is 0 Å². The molecule has 2 saturated heterocycles. The Morgan fingerprint density at radius 3 is 2.58 bits per heavy atom. The lowest BCUT2D eigenvalue weighted by Crippen LogP contribution is -2.52. The Bertz CT molecular complexity index is 1050. The zero-order valence-electron chi connectivity index (χ0n) is 22.2. The van der Waals surface area contributed by atoms with Gasteiger partial charge in [-0.05, 0) is 42.7 Å². The predicted octanol–water partition coefficient (Wildman–Crippen LogP) is 2.18. The number of rotatable bonds is 12. The Kier molecular flexibility index (Phi) is 9.98. The molecule has 38 heavy (non-hydrogen) atoms. The number of hydrogen-bond donors (Lipinski definition) is 1. The van der Waals surface area contributed by atoms with E-state index in [0.29, 0.717) is 45.0 Å². The van der Waals surface area contributed by atoms with E-state index in [2.05, 4.69) is 4.90 Å². The molecule has 9 heteroatoms. The highest BCUT2D eigenvalue weighted by Crippen LogP contribution is 2.21. The summed E-state index contributed by atoms with van der Waals surface area (Å²) in [4.78, 5) is 30.1. The van der Waals surface area contributed by atoms with Crippen molar-refractivity contribution in [1.29, 1.82) is 0 Å². The van der Waals surface area contributed by atoms with Gasteiger partial charge in [0.25, 0.3) is 0 Å². The summed E-state index contributed by atoms with van der Waals surface area (Å²) in [5.74, 6) is 1.54. The van der Waals surface area contributed by atoms with Gasteiger partial charge in [-0.15, -0.1) is 0 Å². The average molecular weight is 526 g/mol. The first-order valence-electron chi connectivity index (χ1n) is 13.3. The van der Waals surface area contributed by atoms with E-state index in [0.717, 1.165) is 37.2 Å². The number of ether oxygens (including phenoxy) is 3. The van der Waals surface area contributed by atoms with Crippen LogP contribution >= 0.6 is 0 Å². The van der Waals surface area contributed by atoms with Gasteiger partial charge in [-0.2, -0.15) is 0 Å². The van der Waals surface area contributed by atoms with Gasteiger partial charge < -0.3 is 29.1 Å². The zero-order chi connectivity index (χ0) is 26.8. The summed E-state index contributed by atoms with van der Waals surface area (Å²) in [6, 6.07) is 17.3. The second-order valence-corrected chi connectivity index (χ2v) is 10.1. The molecule has 4 rings (SSSR count). The fourth-order valence-corrected chi connectivity index (χ4v) is 5.01. The van der Waals surface area contributed by atoms with Crippen LogP contribution in [0.2, 0.25) is 0 Å². The molecule has 0 aromatic heterocycles. The highest BCUT2D eigenvalue weighted by Gasteiger charge is 2.37. The van der Waals surface area contributed by atoms with Crippen LogP contribution in [0, 0.1) is 0 Å². The van der Waals surface area contributed by atoms with Crippen LogP contribution in [0.25, 0.3) is 0 Å². The van der Waals surface area contributed by atoms with Crippen LogP contribution in [0.3, 0.4) is 0 Å². The third-order valence-electron chi connectivity index (χ3n) is 6.88. The van der Waals surface area contributed by atoms with Crippen LogP contribution in [0.1, 0.15) is 24.8 Å². The highest BCUT2D eigenvalue weighted by atomic mass is 16.5. The maximum Gasteiger partial charge on any atom is 0.248 e. The number of benzene rings is 2. The number of methoxy groups -OCH3 is 1. The number of carbonyl (C=O) groups excluding carboxylic acids is 2. The molecule has 0 bridgehead atoms. The van der Waals surface area contributed by atoms with Crippen LogP contribution in [0.4, 0.5) is 0 Å². The van der Waals surface area contributed by atoms with Gasteiger partial charge in [0, 0.05) is 52.8 Å². The number of nitrogens with zero attached hydrogens (tertiary/aromatic N) is 3. The third kappa shape index (κ3) is 8.18. The number of amides is 2.